The fourth-order valence-corrected chi connectivity index (χ4v) is 0.236. The van der Waals surface area contributed by atoms with Gasteiger partial charge in [0.2, 0.25) is 0 Å². The molecule has 5 N–H and O–H groups in total. The predicted molar refractivity (Wildman–Crippen MR) is 29.5 cm³/mol. The van der Waals surface area contributed by atoms with Crippen LogP contribution in [0.5, 0.6) is 0 Å². The van der Waals surface area contributed by atoms with E-state index < -0.39 is 5.85 Å². The molecule has 0 aromatic carbocycles. The van der Waals surface area contributed by atoms with E-state index in [1.165, 1.54) is 0 Å². The molecule has 0 rings (SSSR count). The van der Waals surface area contributed by atoms with E-state index in [4.69, 9.17) is 16.6 Å². The summed E-state index contributed by atoms with van der Waals surface area (Å²) in [6.45, 7) is 3.26. The van der Waals surface area contributed by atoms with Crippen LogP contribution in [-0.2, 0) is 4.74 Å². The van der Waals surface area contributed by atoms with Gasteiger partial charge in [-0.25, -0.2) is 0 Å². The van der Waals surface area contributed by atoms with Gasteiger partial charge in [-0.2, -0.15) is 0 Å². The maximum absolute atomic E-state index is 8.17. The fourth-order valence-electron chi connectivity index (χ4n) is 0.236. The molecular weight excluding hydrogens is 108 g/mol. The highest BCUT2D eigenvalue weighted by Gasteiger charge is 2.08. The average molecular weight is 119 g/mol. The monoisotopic (exact) mass is 119 g/mol. The number of hydrogen-bond donors (Lipinski definition) is 3. The zero-order valence-electron chi connectivity index (χ0n) is 4.63. The van der Waals surface area contributed by atoms with Crippen LogP contribution in [0, 0.1) is 6.92 Å². The number of ether oxygens (including phenoxy) is 1. The number of hydrogen-bond acceptors (Lipinski definition) is 4. The summed E-state index contributed by atoms with van der Waals surface area (Å²) in [5.41, 5.74) is 10.1. The van der Waals surface area contributed by atoms with Crippen molar-refractivity contribution in [3.63, 3.8) is 0 Å². The standard InChI is InChI=1S/C4H11N2O2/c1-4(5,6)8-3-2-7/h7H,1-3,5-6H2. The first kappa shape index (κ1) is 7.84. The highest BCUT2D eigenvalue weighted by Crippen LogP contribution is 1.86. The van der Waals surface area contributed by atoms with Gasteiger partial charge < -0.3 is 9.84 Å². The molecule has 4 heteroatoms. The molecular formula is C4H11N2O2. The van der Waals surface area contributed by atoms with Gasteiger partial charge in [-0.15, -0.1) is 0 Å². The first-order valence-corrected chi connectivity index (χ1v) is 2.24. The third kappa shape index (κ3) is 5.84. The molecule has 0 fully saturated rings. The fraction of sp³-hybridized carbons (Fsp3) is 0.750. The van der Waals surface area contributed by atoms with Gasteiger partial charge in [-0.1, -0.05) is 0 Å². The molecule has 0 amide bonds. The van der Waals surface area contributed by atoms with Gasteiger partial charge in [0.25, 0.3) is 0 Å². The van der Waals surface area contributed by atoms with Crippen molar-refractivity contribution in [3.05, 3.63) is 6.92 Å². The third-order valence-corrected chi connectivity index (χ3v) is 0.462. The molecule has 0 saturated heterocycles. The van der Waals surface area contributed by atoms with Crippen LogP contribution in [0.4, 0.5) is 0 Å². The molecule has 8 heavy (non-hydrogen) atoms. The van der Waals surface area contributed by atoms with E-state index in [-0.39, 0.29) is 13.2 Å². The Bertz CT molecular complexity index is 59.5. The largest absolute Gasteiger partial charge is 0.394 e. The zero-order valence-corrected chi connectivity index (χ0v) is 4.63. The van der Waals surface area contributed by atoms with E-state index in [2.05, 4.69) is 11.7 Å². The van der Waals surface area contributed by atoms with E-state index in [1.807, 2.05) is 0 Å². The molecule has 0 atom stereocenters. The highest BCUT2D eigenvalue weighted by molar-refractivity contribution is 4.65. The highest BCUT2D eigenvalue weighted by atomic mass is 16.5. The van der Waals surface area contributed by atoms with Gasteiger partial charge in [-0.05, 0) is 0 Å². The summed E-state index contributed by atoms with van der Waals surface area (Å²) < 4.78 is 4.57. The van der Waals surface area contributed by atoms with Crippen molar-refractivity contribution in [1.29, 1.82) is 0 Å². The first-order chi connectivity index (χ1) is 3.56. The van der Waals surface area contributed by atoms with E-state index in [1.54, 1.807) is 0 Å². The Balaban J connectivity index is 3.11. The molecule has 0 unspecified atom stereocenters. The number of nitrogens with two attached hydrogens (primary N) is 2. The van der Waals surface area contributed by atoms with E-state index in [0.29, 0.717) is 0 Å². The Labute approximate surface area is 48.4 Å². The van der Waals surface area contributed by atoms with Crippen molar-refractivity contribution in [2.45, 2.75) is 5.85 Å². The molecule has 1 radical (unpaired) electrons. The zero-order chi connectivity index (χ0) is 6.62. The number of aliphatic hydroxyl groups is 1. The van der Waals surface area contributed by atoms with Gasteiger partial charge in [-0.3, -0.25) is 11.5 Å². The molecule has 0 aromatic heterocycles. The van der Waals surface area contributed by atoms with Crippen LogP contribution in [0.1, 0.15) is 0 Å². The van der Waals surface area contributed by atoms with Crippen molar-refractivity contribution >= 4 is 0 Å². The molecule has 0 bridgehead atoms. The van der Waals surface area contributed by atoms with Crippen molar-refractivity contribution < 1.29 is 9.84 Å². The molecule has 0 saturated carbocycles. The second kappa shape index (κ2) is 2.99. The Hall–Kier alpha value is -0.160. The Morgan fingerprint density at radius 2 is 2.12 bits per heavy atom. The molecule has 0 aromatic rings. The SMILES string of the molecule is [CH2]C(N)(N)OCCO. The van der Waals surface area contributed by atoms with Gasteiger partial charge in [0.15, 0.2) is 5.85 Å². The van der Waals surface area contributed by atoms with Gasteiger partial charge in [0, 0.05) is 6.92 Å². The lowest BCUT2D eigenvalue weighted by Gasteiger charge is -2.17. The van der Waals surface area contributed by atoms with Crippen molar-refractivity contribution in [2.24, 2.45) is 11.5 Å². The van der Waals surface area contributed by atoms with Crippen LogP contribution in [0.2, 0.25) is 0 Å². The summed E-state index contributed by atoms with van der Waals surface area (Å²) in [5.74, 6) is -1.36. The topological polar surface area (TPSA) is 81.5 Å². The van der Waals surface area contributed by atoms with Crippen molar-refractivity contribution in [2.75, 3.05) is 13.2 Å². The summed E-state index contributed by atoms with van der Waals surface area (Å²) in [4.78, 5) is 0. The second-order valence-corrected chi connectivity index (χ2v) is 1.53. The minimum atomic E-state index is -1.36. The maximum atomic E-state index is 8.17. The van der Waals surface area contributed by atoms with Crippen LogP contribution in [0.25, 0.3) is 0 Å². The van der Waals surface area contributed by atoms with Gasteiger partial charge >= 0.3 is 0 Å². The molecule has 49 valence electrons. The lowest BCUT2D eigenvalue weighted by molar-refractivity contribution is -0.0187. The number of rotatable bonds is 3. The third-order valence-electron chi connectivity index (χ3n) is 0.462. The van der Waals surface area contributed by atoms with E-state index in [9.17, 15) is 0 Å². The molecule has 4 nitrogen and oxygen atoms in total. The summed E-state index contributed by atoms with van der Waals surface area (Å²) in [5, 5.41) is 8.17. The van der Waals surface area contributed by atoms with Crippen molar-refractivity contribution in [1.82, 2.24) is 0 Å². The lowest BCUT2D eigenvalue weighted by atomic mass is 10.5. The summed E-state index contributed by atoms with van der Waals surface area (Å²) in [7, 11) is 0. The smallest absolute Gasteiger partial charge is 0.169 e. The quantitative estimate of drug-likeness (QED) is 0.391. The van der Waals surface area contributed by atoms with Crippen LogP contribution in [-0.4, -0.2) is 24.2 Å². The first-order valence-electron chi connectivity index (χ1n) is 2.24. The molecule has 0 aliphatic rings. The average Bonchev–Trinajstić information content (AvgIpc) is 1.59. The predicted octanol–water partition coefficient (Wildman–Crippen LogP) is -1.60. The van der Waals surface area contributed by atoms with E-state index in [0.717, 1.165) is 0 Å². The Morgan fingerprint density at radius 3 is 2.25 bits per heavy atom. The number of aliphatic hydroxyl groups excluding tert-OH is 1. The van der Waals surface area contributed by atoms with Gasteiger partial charge in [0.05, 0.1) is 13.2 Å². The minimum Gasteiger partial charge on any atom is -0.394 e. The minimum absolute atomic E-state index is 0.0916. The molecule has 0 aliphatic heterocycles. The van der Waals surface area contributed by atoms with Crippen LogP contribution >= 0.6 is 0 Å². The summed E-state index contributed by atoms with van der Waals surface area (Å²) >= 11 is 0. The summed E-state index contributed by atoms with van der Waals surface area (Å²) in [6.07, 6.45) is 0. The molecule has 0 aliphatic carbocycles. The Kier molecular flexibility index (Phi) is 2.93. The lowest BCUT2D eigenvalue weighted by Crippen LogP contribution is -2.49. The van der Waals surface area contributed by atoms with Gasteiger partial charge in [0.1, 0.15) is 0 Å². The van der Waals surface area contributed by atoms with Crippen LogP contribution in [0.3, 0.4) is 0 Å². The summed E-state index contributed by atoms with van der Waals surface area (Å²) in [6, 6.07) is 0. The van der Waals surface area contributed by atoms with E-state index >= 15 is 0 Å². The van der Waals surface area contributed by atoms with Crippen LogP contribution in [0.15, 0.2) is 0 Å². The molecule has 0 heterocycles. The second-order valence-electron chi connectivity index (χ2n) is 1.53. The maximum Gasteiger partial charge on any atom is 0.169 e. The normalized spacial score (nSPS) is 12.0. The molecule has 0 spiro atoms. The van der Waals surface area contributed by atoms with Crippen LogP contribution < -0.4 is 11.5 Å². The Morgan fingerprint density at radius 1 is 1.62 bits per heavy atom. The van der Waals surface area contributed by atoms with Crippen molar-refractivity contribution in [3.8, 4) is 0 Å².